The summed E-state index contributed by atoms with van der Waals surface area (Å²) in [6.07, 6.45) is -0.640. The molecule has 0 saturated carbocycles. The van der Waals surface area contributed by atoms with E-state index >= 15 is 0 Å². The van der Waals surface area contributed by atoms with Crippen molar-refractivity contribution >= 4 is 33.3 Å². The van der Waals surface area contributed by atoms with Gasteiger partial charge in [-0.25, -0.2) is 18.2 Å². The quantitative estimate of drug-likeness (QED) is 0.664. The lowest BCUT2D eigenvalue weighted by Gasteiger charge is -2.27. The summed E-state index contributed by atoms with van der Waals surface area (Å²) in [4.78, 5) is 37.0. The lowest BCUT2D eigenvalue weighted by molar-refractivity contribution is -0.149. The highest BCUT2D eigenvalue weighted by atomic mass is 32.2. The maximum atomic E-state index is 12.5. The molecule has 10 heteroatoms. The number of ether oxygens (including phenoxy) is 1. The molecule has 1 aromatic rings. The second-order valence-corrected chi connectivity index (χ2v) is 9.76. The minimum atomic E-state index is -3.20. The van der Waals surface area contributed by atoms with Crippen molar-refractivity contribution in [3.63, 3.8) is 0 Å². The number of amides is 2. The van der Waals surface area contributed by atoms with Crippen LogP contribution in [0.3, 0.4) is 0 Å². The SMILES string of the molecule is C[C@H](OC(=O)C1=NN([C@@H]2CCS(=O)(=O)C2)C(=O)CC1)C(=O)N[C@@H](C)c1ccccc1. The summed E-state index contributed by atoms with van der Waals surface area (Å²) in [5.41, 5.74) is 0.927. The molecule has 2 heterocycles. The fourth-order valence-corrected chi connectivity index (χ4v) is 5.10. The van der Waals surface area contributed by atoms with Crippen LogP contribution in [-0.2, 0) is 29.0 Å². The molecule has 0 unspecified atom stereocenters. The first kappa shape index (κ1) is 21.9. The average Bonchev–Trinajstić information content (AvgIpc) is 3.08. The Morgan fingerprint density at radius 2 is 1.90 bits per heavy atom. The molecule has 1 fully saturated rings. The van der Waals surface area contributed by atoms with E-state index < -0.39 is 33.9 Å². The Morgan fingerprint density at radius 3 is 2.53 bits per heavy atom. The van der Waals surface area contributed by atoms with Gasteiger partial charge in [0.05, 0.1) is 23.6 Å². The highest BCUT2D eigenvalue weighted by molar-refractivity contribution is 7.91. The number of carbonyl (C=O) groups excluding carboxylic acids is 3. The number of rotatable bonds is 6. The minimum Gasteiger partial charge on any atom is -0.448 e. The van der Waals surface area contributed by atoms with Gasteiger partial charge in [-0.3, -0.25) is 9.59 Å². The Bertz CT molecular complexity index is 960. The van der Waals surface area contributed by atoms with E-state index in [1.165, 1.54) is 6.92 Å². The third-order valence-corrected chi connectivity index (χ3v) is 6.91. The Balaban J connectivity index is 1.60. The molecule has 3 rings (SSSR count). The van der Waals surface area contributed by atoms with E-state index in [-0.39, 0.29) is 48.4 Å². The van der Waals surface area contributed by atoms with Crippen LogP contribution in [0.4, 0.5) is 0 Å². The largest absolute Gasteiger partial charge is 0.448 e. The van der Waals surface area contributed by atoms with Gasteiger partial charge in [0.15, 0.2) is 15.9 Å². The normalized spacial score (nSPS) is 22.7. The van der Waals surface area contributed by atoms with Crippen LogP contribution in [-0.4, -0.2) is 60.6 Å². The molecule has 0 spiro atoms. The van der Waals surface area contributed by atoms with Crippen LogP contribution in [0.15, 0.2) is 35.4 Å². The van der Waals surface area contributed by atoms with E-state index in [1.54, 1.807) is 0 Å². The monoisotopic (exact) mass is 435 g/mol. The van der Waals surface area contributed by atoms with Gasteiger partial charge in [0.25, 0.3) is 5.91 Å². The molecule has 1 aromatic carbocycles. The van der Waals surface area contributed by atoms with Crippen LogP contribution in [0.2, 0.25) is 0 Å². The molecule has 162 valence electrons. The number of esters is 1. The lowest BCUT2D eigenvalue weighted by atomic mass is 10.1. The predicted molar refractivity (Wildman–Crippen MR) is 109 cm³/mol. The predicted octanol–water partition coefficient (Wildman–Crippen LogP) is 0.961. The van der Waals surface area contributed by atoms with E-state index in [1.807, 2.05) is 37.3 Å². The van der Waals surface area contributed by atoms with E-state index in [9.17, 15) is 22.8 Å². The molecule has 0 bridgehead atoms. The molecule has 3 atom stereocenters. The fraction of sp³-hybridized carbons (Fsp3) is 0.500. The smallest absolute Gasteiger partial charge is 0.355 e. The second kappa shape index (κ2) is 8.95. The Kier molecular flexibility index (Phi) is 6.55. The van der Waals surface area contributed by atoms with Crippen molar-refractivity contribution in [3.05, 3.63) is 35.9 Å². The van der Waals surface area contributed by atoms with Gasteiger partial charge in [0, 0.05) is 12.8 Å². The van der Waals surface area contributed by atoms with Gasteiger partial charge in [-0.15, -0.1) is 0 Å². The van der Waals surface area contributed by atoms with Crippen LogP contribution in [0.5, 0.6) is 0 Å². The van der Waals surface area contributed by atoms with Crippen molar-refractivity contribution in [1.29, 1.82) is 0 Å². The van der Waals surface area contributed by atoms with Crippen LogP contribution >= 0.6 is 0 Å². The maximum Gasteiger partial charge on any atom is 0.355 e. The summed E-state index contributed by atoms with van der Waals surface area (Å²) in [5.74, 6) is -1.74. The second-order valence-electron chi connectivity index (χ2n) is 7.53. The molecule has 2 amide bonds. The van der Waals surface area contributed by atoms with Gasteiger partial charge in [-0.2, -0.15) is 5.10 Å². The number of nitrogens with zero attached hydrogens (tertiary/aromatic N) is 2. The molecule has 0 aliphatic carbocycles. The zero-order valence-electron chi connectivity index (χ0n) is 16.9. The summed E-state index contributed by atoms with van der Waals surface area (Å²) in [5, 5.41) is 7.94. The molecule has 1 N–H and O–H groups in total. The number of sulfone groups is 1. The van der Waals surface area contributed by atoms with Gasteiger partial charge >= 0.3 is 5.97 Å². The highest BCUT2D eigenvalue weighted by Gasteiger charge is 2.38. The highest BCUT2D eigenvalue weighted by Crippen LogP contribution is 2.22. The van der Waals surface area contributed by atoms with Gasteiger partial charge in [0.1, 0.15) is 5.71 Å². The Morgan fingerprint density at radius 1 is 1.20 bits per heavy atom. The summed E-state index contributed by atoms with van der Waals surface area (Å²) in [6, 6.07) is 8.54. The number of nitrogens with one attached hydrogen (secondary N) is 1. The van der Waals surface area contributed by atoms with Gasteiger partial charge in [0.2, 0.25) is 5.91 Å². The van der Waals surface area contributed by atoms with E-state index in [2.05, 4.69) is 10.4 Å². The minimum absolute atomic E-state index is 0.00640. The van der Waals surface area contributed by atoms with Crippen LogP contribution in [0.25, 0.3) is 0 Å². The van der Waals surface area contributed by atoms with Crippen molar-refractivity contribution in [2.75, 3.05) is 11.5 Å². The van der Waals surface area contributed by atoms with Crippen LogP contribution < -0.4 is 5.32 Å². The van der Waals surface area contributed by atoms with Crippen molar-refractivity contribution in [2.45, 2.75) is 51.3 Å². The topological polar surface area (TPSA) is 122 Å². The van der Waals surface area contributed by atoms with Gasteiger partial charge in [-0.1, -0.05) is 30.3 Å². The molecule has 2 aliphatic rings. The molecule has 0 radical (unpaired) electrons. The number of hydrogen-bond donors (Lipinski definition) is 1. The zero-order valence-corrected chi connectivity index (χ0v) is 17.7. The first-order chi connectivity index (χ1) is 14.2. The summed E-state index contributed by atoms with van der Waals surface area (Å²) >= 11 is 0. The number of hydrazone groups is 1. The summed E-state index contributed by atoms with van der Waals surface area (Å²) in [7, 11) is -3.20. The standard InChI is InChI=1S/C20H25N3O6S/c1-13(15-6-4-3-5-7-15)21-19(25)14(2)29-20(26)17-8-9-18(24)23(22-17)16-10-11-30(27,28)12-16/h3-7,13-14,16H,8-12H2,1-2H3,(H,21,25)/t13-,14-,16+/m0/s1. The Hall–Kier alpha value is -2.75. The molecule has 1 saturated heterocycles. The Labute approximate surface area is 175 Å². The third-order valence-electron chi connectivity index (χ3n) is 5.16. The third kappa shape index (κ3) is 5.24. The number of benzene rings is 1. The number of hydrogen-bond acceptors (Lipinski definition) is 7. The molecule has 0 aromatic heterocycles. The van der Waals surface area contributed by atoms with E-state index in [0.717, 1.165) is 10.6 Å². The molecule has 2 aliphatic heterocycles. The maximum absolute atomic E-state index is 12.5. The van der Waals surface area contributed by atoms with Crippen molar-refractivity contribution in [2.24, 2.45) is 5.10 Å². The first-order valence-electron chi connectivity index (χ1n) is 9.82. The molecular weight excluding hydrogens is 410 g/mol. The first-order valence-corrected chi connectivity index (χ1v) is 11.6. The summed E-state index contributed by atoms with van der Waals surface area (Å²) < 4.78 is 28.6. The fourth-order valence-electron chi connectivity index (χ4n) is 3.41. The zero-order chi connectivity index (χ0) is 21.9. The van der Waals surface area contributed by atoms with Gasteiger partial charge < -0.3 is 10.1 Å². The summed E-state index contributed by atoms with van der Waals surface area (Å²) in [6.45, 7) is 3.28. The van der Waals surface area contributed by atoms with E-state index in [4.69, 9.17) is 4.74 Å². The average molecular weight is 436 g/mol. The van der Waals surface area contributed by atoms with Crippen LogP contribution in [0.1, 0.15) is 44.7 Å². The molecule has 9 nitrogen and oxygen atoms in total. The molecular formula is C20H25N3O6S. The van der Waals surface area contributed by atoms with Gasteiger partial charge in [-0.05, 0) is 25.8 Å². The van der Waals surface area contributed by atoms with Crippen LogP contribution in [0, 0.1) is 0 Å². The number of carbonyl (C=O) groups is 3. The van der Waals surface area contributed by atoms with Crippen molar-refractivity contribution in [1.82, 2.24) is 10.3 Å². The van der Waals surface area contributed by atoms with Crippen molar-refractivity contribution in [3.8, 4) is 0 Å². The van der Waals surface area contributed by atoms with E-state index in [0.29, 0.717) is 0 Å². The molecule has 30 heavy (non-hydrogen) atoms. The lowest BCUT2D eigenvalue weighted by Crippen LogP contribution is -2.43. The van der Waals surface area contributed by atoms with Crippen molar-refractivity contribution < 1.29 is 27.5 Å².